The summed E-state index contributed by atoms with van der Waals surface area (Å²) < 4.78 is 40.7. The Morgan fingerprint density at radius 2 is 0.905 bits per heavy atom. The van der Waals surface area contributed by atoms with Crippen molar-refractivity contribution < 1.29 is 33.3 Å². The standard InChI is InChI=1S/C34H27NOP.ClHO4/c1-26-22-24-27(25-23-26)32-34(35-33(36-32)28-14-6-2-7-15-28)37(29-16-8-3-9-17-29,30-18-10-4-11-19-30)31-20-12-5-13-21-31;2-1(3,4)5/h2-25H,1H3;(H,2,3,4,5)/q+1;/p-1. The highest BCUT2D eigenvalue weighted by molar-refractivity contribution is 8.01. The molecule has 0 saturated carbocycles. The molecule has 0 aliphatic heterocycles. The zero-order valence-electron chi connectivity index (χ0n) is 22.7. The minimum absolute atomic E-state index is 0.637. The predicted octanol–water partition coefficient (Wildman–Crippen LogP) is 2.18. The van der Waals surface area contributed by atoms with Gasteiger partial charge in [0.05, 0.1) is 0 Å². The molecule has 0 fully saturated rings. The molecule has 8 heteroatoms. The molecule has 0 amide bonds. The number of rotatable bonds is 6. The van der Waals surface area contributed by atoms with Crippen LogP contribution in [0.25, 0.3) is 22.8 Å². The second-order valence-electron chi connectivity index (χ2n) is 9.46. The third-order valence-electron chi connectivity index (χ3n) is 6.69. The molecule has 6 aromatic rings. The lowest BCUT2D eigenvalue weighted by Crippen LogP contribution is -2.68. The van der Waals surface area contributed by atoms with Crippen molar-refractivity contribution in [2.24, 2.45) is 0 Å². The van der Waals surface area contributed by atoms with E-state index in [1.54, 1.807) is 0 Å². The molecule has 5 aromatic carbocycles. The van der Waals surface area contributed by atoms with E-state index in [9.17, 15) is 0 Å². The van der Waals surface area contributed by atoms with Gasteiger partial charge in [0.1, 0.15) is 15.9 Å². The number of hydrogen-bond donors (Lipinski definition) is 0. The molecular weight excluding hydrogens is 569 g/mol. The van der Waals surface area contributed by atoms with Gasteiger partial charge in [0.25, 0.3) is 0 Å². The lowest BCUT2D eigenvalue weighted by Gasteiger charge is -2.25. The van der Waals surface area contributed by atoms with Crippen LogP contribution in [0.1, 0.15) is 5.56 Å². The van der Waals surface area contributed by atoms with Crippen molar-refractivity contribution in [3.05, 3.63) is 151 Å². The first-order valence-electron chi connectivity index (χ1n) is 13.1. The summed E-state index contributed by atoms with van der Waals surface area (Å²) >= 11 is 0. The van der Waals surface area contributed by atoms with Crippen molar-refractivity contribution in [2.45, 2.75) is 6.92 Å². The van der Waals surface area contributed by atoms with E-state index in [-0.39, 0.29) is 0 Å². The van der Waals surface area contributed by atoms with Gasteiger partial charge in [-0.15, -0.1) is 10.2 Å². The Balaban J connectivity index is 0.000000652. The molecule has 0 spiro atoms. The normalized spacial score (nSPS) is 11.5. The van der Waals surface area contributed by atoms with E-state index < -0.39 is 17.5 Å². The van der Waals surface area contributed by atoms with Crippen molar-refractivity contribution in [1.82, 2.24) is 4.98 Å². The van der Waals surface area contributed by atoms with Crippen molar-refractivity contribution in [3.8, 4) is 22.8 Å². The largest absolute Gasteiger partial charge is 0.432 e. The number of benzene rings is 5. The van der Waals surface area contributed by atoms with Crippen LogP contribution >= 0.6 is 7.26 Å². The van der Waals surface area contributed by atoms with Crippen molar-refractivity contribution in [1.29, 1.82) is 0 Å². The number of aromatic nitrogens is 1. The van der Waals surface area contributed by atoms with E-state index in [1.165, 1.54) is 21.5 Å². The van der Waals surface area contributed by atoms with Gasteiger partial charge >= 0.3 is 0 Å². The SMILES string of the molecule is Cc1ccc(-c2oc(-c3ccccc3)nc2[P+](c2ccccc2)(c2ccccc2)c2ccccc2)cc1.[O-][Cl+3]([O-])([O-])[O-]. The number of halogens is 1. The van der Waals surface area contributed by atoms with E-state index >= 15 is 0 Å². The van der Waals surface area contributed by atoms with E-state index in [4.69, 9.17) is 28.0 Å². The highest BCUT2D eigenvalue weighted by atomic mass is 35.7. The molecule has 0 radical (unpaired) electrons. The zero-order chi connectivity index (χ0) is 29.6. The Kier molecular flexibility index (Phi) is 8.95. The molecule has 6 nitrogen and oxygen atoms in total. The lowest BCUT2D eigenvalue weighted by molar-refractivity contribution is -2.00. The first-order chi connectivity index (χ1) is 20.3. The summed E-state index contributed by atoms with van der Waals surface area (Å²) in [6.45, 7) is 2.11. The van der Waals surface area contributed by atoms with Gasteiger partial charge in [0, 0.05) is 11.1 Å². The second kappa shape index (κ2) is 12.8. The fourth-order valence-electron chi connectivity index (χ4n) is 4.91. The summed E-state index contributed by atoms with van der Waals surface area (Å²) in [5.74, 6) is 1.46. The summed E-state index contributed by atoms with van der Waals surface area (Å²) in [6.07, 6.45) is 0. The van der Waals surface area contributed by atoms with Crippen LogP contribution in [-0.2, 0) is 0 Å². The molecule has 0 N–H and O–H groups in total. The molecule has 42 heavy (non-hydrogen) atoms. The van der Waals surface area contributed by atoms with E-state index in [2.05, 4.69) is 134 Å². The van der Waals surface area contributed by atoms with Crippen molar-refractivity contribution in [3.63, 3.8) is 0 Å². The number of nitrogens with zero attached hydrogens (tertiary/aromatic N) is 1. The lowest BCUT2D eigenvalue weighted by atomic mass is 10.1. The van der Waals surface area contributed by atoms with Crippen LogP contribution in [0.2, 0.25) is 0 Å². The molecule has 0 bridgehead atoms. The molecule has 6 rings (SSSR count). The highest BCUT2D eigenvalue weighted by Crippen LogP contribution is 2.56. The summed E-state index contributed by atoms with van der Waals surface area (Å²) in [4.78, 5) is 5.36. The van der Waals surface area contributed by atoms with Crippen LogP contribution in [0.15, 0.2) is 150 Å². The molecule has 0 aliphatic carbocycles. The average Bonchev–Trinajstić information content (AvgIpc) is 3.45. The quantitative estimate of drug-likeness (QED) is 0.272. The minimum atomic E-state index is -4.94. The van der Waals surface area contributed by atoms with Gasteiger partial charge < -0.3 is 4.42 Å². The van der Waals surface area contributed by atoms with Crippen molar-refractivity contribution >= 4 is 28.6 Å². The summed E-state index contributed by atoms with van der Waals surface area (Å²) in [6, 6.07) is 51.2. The van der Waals surface area contributed by atoms with Gasteiger partial charge in [-0.05, 0) is 55.5 Å². The molecule has 0 aliphatic rings. The fourth-order valence-corrected chi connectivity index (χ4v) is 9.11. The van der Waals surface area contributed by atoms with Crippen LogP contribution < -0.4 is 40.0 Å². The Hall–Kier alpha value is -4.13. The average molecular weight is 596 g/mol. The van der Waals surface area contributed by atoms with Gasteiger partial charge in [-0.2, -0.15) is 4.98 Å². The fraction of sp³-hybridized carbons (Fsp3) is 0.0294. The van der Waals surface area contributed by atoms with E-state index in [0.29, 0.717) is 5.89 Å². The third kappa shape index (κ3) is 6.51. The topological polar surface area (TPSA) is 118 Å². The van der Waals surface area contributed by atoms with Gasteiger partial charge in [0.15, 0.2) is 13.0 Å². The summed E-state index contributed by atoms with van der Waals surface area (Å²) in [5, 5.41) is 3.73. The number of aryl methyl sites for hydroxylation is 1. The van der Waals surface area contributed by atoms with Gasteiger partial charge in [-0.25, -0.2) is 18.6 Å². The van der Waals surface area contributed by atoms with Gasteiger partial charge in [0.2, 0.25) is 11.3 Å². The number of hydrogen-bond acceptors (Lipinski definition) is 6. The second-order valence-corrected chi connectivity index (χ2v) is 13.5. The number of oxazole rings is 1. The third-order valence-corrected chi connectivity index (χ3v) is 10.8. The van der Waals surface area contributed by atoms with Crippen LogP contribution in [0.5, 0.6) is 0 Å². The van der Waals surface area contributed by atoms with Gasteiger partial charge in [-0.3, -0.25) is 0 Å². The molecule has 0 atom stereocenters. The van der Waals surface area contributed by atoms with Crippen LogP contribution in [-0.4, -0.2) is 4.98 Å². The molecule has 1 aromatic heterocycles. The smallest absolute Gasteiger partial charge is 0.245 e. The molecule has 210 valence electrons. The molecular formula is C34H27ClNO5P. The van der Waals surface area contributed by atoms with Gasteiger partial charge in [-0.1, -0.05) is 103 Å². The van der Waals surface area contributed by atoms with Crippen LogP contribution in [0.3, 0.4) is 0 Å². The first-order valence-corrected chi connectivity index (χ1v) is 16.1. The molecule has 0 saturated heterocycles. The Labute approximate surface area is 247 Å². The van der Waals surface area contributed by atoms with Crippen LogP contribution in [0.4, 0.5) is 0 Å². The maximum atomic E-state index is 8.49. The maximum Gasteiger partial charge on any atom is 0.245 e. The van der Waals surface area contributed by atoms with E-state index in [1.807, 2.05) is 18.2 Å². The monoisotopic (exact) mass is 595 g/mol. The summed E-state index contributed by atoms with van der Waals surface area (Å²) in [7, 11) is -7.37. The Morgan fingerprint density at radius 1 is 0.524 bits per heavy atom. The minimum Gasteiger partial charge on any atom is -0.432 e. The zero-order valence-corrected chi connectivity index (χ0v) is 24.3. The first kappa shape index (κ1) is 29.4. The van der Waals surface area contributed by atoms with Crippen molar-refractivity contribution in [2.75, 3.05) is 0 Å². The Morgan fingerprint density at radius 3 is 1.31 bits per heavy atom. The Bertz CT molecular complexity index is 1600. The van der Waals surface area contributed by atoms with Crippen LogP contribution in [0, 0.1) is 17.2 Å². The maximum absolute atomic E-state index is 8.49. The van der Waals surface area contributed by atoms with E-state index in [0.717, 1.165) is 22.3 Å². The molecule has 0 unspecified atom stereocenters. The summed E-state index contributed by atoms with van der Waals surface area (Å²) in [5.41, 5.74) is 4.19. The highest BCUT2D eigenvalue weighted by Gasteiger charge is 2.52. The predicted molar refractivity (Wildman–Crippen MR) is 157 cm³/mol. The molecule has 1 heterocycles.